The highest BCUT2D eigenvalue weighted by atomic mass is 32.2. The van der Waals surface area contributed by atoms with Crippen LogP contribution in [0.25, 0.3) is 63.9 Å². The molecule has 0 unspecified atom stereocenters. The number of rotatable bonds is 2. The van der Waals surface area contributed by atoms with E-state index in [4.69, 9.17) is 0 Å². The van der Waals surface area contributed by atoms with Crippen LogP contribution in [-0.4, -0.2) is 60.0 Å². The van der Waals surface area contributed by atoms with E-state index in [1.165, 1.54) is 0 Å². The summed E-state index contributed by atoms with van der Waals surface area (Å²) in [4.78, 5) is 8.32. The van der Waals surface area contributed by atoms with Crippen molar-refractivity contribution in [3.63, 3.8) is 0 Å². The molecule has 0 radical (unpaired) electrons. The minimum Gasteiger partial charge on any atom is -0.264 e. The summed E-state index contributed by atoms with van der Waals surface area (Å²) < 4.78 is 6.10. The summed E-state index contributed by atoms with van der Waals surface area (Å²) in [6.07, 6.45) is 6.87. The molecule has 0 bridgehead atoms. The molecule has 8 rings (SSSR count). The van der Waals surface area contributed by atoms with Gasteiger partial charge in [-0.2, -0.15) is 9.03 Å². The molecular formula is C20H8N12S2. The molecule has 0 aliphatic carbocycles. The molecule has 0 aromatic carbocycles. The third-order valence-corrected chi connectivity index (χ3v) is 7.93. The van der Waals surface area contributed by atoms with Crippen LogP contribution in [0.3, 0.4) is 0 Å². The summed E-state index contributed by atoms with van der Waals surface area (Å²) in [5, 5.41) is 36.2. The van der Waals surface area contributed by atoms with Gasteiger partial charge >= 0.3 is 0 Å². The van der Waals surface area contributed by atoms with Gasteiger partial charge in [-0.25, -0.2) is 0 Å². The third kappa shape index (κ3) is 2.29. The van der Waals surface area contributed by atoms with Gasteiger partial charge in [0.1, 0.15) is 20.4 Å². The molecule has 0 spiro atoms. The number of hydrogen-bond acceptors (Lipinski definition) is 12. The minimum atomic E-state index is 0.590. The minimum absolute atomic E-state index is 0.590. The molecule has 0 saturated heterocycles. The van der Waals surface area contributed by atoms with Crippen LogP contribution in [0.15, 0.2) is 49.1 Å². The lowest BCUT2D eigenvalue weighted by Gasteiger charge is -1.98. The molecule has 160 valence electrons. The molecule has 14 heteroatoms. The second-order valence-corrected chi connectivity index (χ2v) is 9.70. The van der Waals surface area contributed by atoms with E-state index in [0.29, 0.717) is 22.9 Å². The third-order valence-electron chi connectivity index (χ3n) is 5.49. The molecular weight excluding hydrogens is 472 g/mol. The van der Waals surface area contributed by atoms with Gasteiger partial charge in [0, 0.05) is 35.9 Å². The van der Waals surface area contributed by atoms with E-state index in [2.05, 4.69) is 51.0 Å². The van der Waals surface area contributed by atoms with Gasteiger partial charge in [-0.1, -0.05) is 10.4 Å². The lowest BCUT2D eigenvalue weighted by atomic mass is 10.3. The quantitative estimate of drug-likeness (QED) is 0.363. The first-order valence-electron chi connectivity index (χ1n) is 10.0. The highest BCUT2D eigenvalue weighted by Gasteiger charge is 2.23. The standard InChI is InChI=1S/C20H8N12S2/c1-3-9(7-21-5-1)16-25-27-18-14-12(23-29-31(16)18)11-13-15(34-20(11)33-14)19-28-26-17(32(19)30-24-13)10-4-2-6-22-8-10/h1-8H. The van der Waals surface area contributed by atoms with Crippen molar-refractivity contribution in [3.05, 3.63) is 49.1 Å². The van der Waals surface area contributed by atoms with Crippen molar-refractivity contribution in [1.82, 2.24) is 60.0 Å². The Hall–Kier alpha value is -4.56. The molecule has 34 heavy (non-hydrogen) atoms. The van der Waals surface area contributed by atoms with Crippen molar-refractivity contribution < 1.29 is 0 Å². The van der Waals surface area contributed by atoms with Crippen LogP contribution in [0.1, 0.15) is 0 Å². The van der Waals surface area contributed by atoms with Gasteiger partial charge in [0.15, 0.2) is 22.9 Å². The van der Waals surface area contributed by atoms with Gasteiger partial charge in [0.2, 0.25) is 0 Å². The van der Waals surface area contributed by atoms with Gasteiger partial charge in [0.05, 0.1) is 9.40 Å². The zero-order valence-corrected chi connectivity index (χ0v) is 18.4. The first-order valence-corrected chi connectivity index (χ1v) is 11.7. The molecule has 8 aromatic heterocycles. The van der Waals surface area contributed by atoms with Crippen molar-refractivity contribution in [2.24, 2.45) is 0 Å². The Labute approximate surface area is 195 Å². The van der Waals surface area contributed by atoms with Crippen LogP contribution in [0.4, 0.5) is 0 Å². The Kier molecular flexibility index (Phi) is 3.42. The summed E-state index contributed by atoms with van der Waals surface area (Å²) >= 11 is 3.16. The van der Waals surface area contributed by atoms with E-state index in [9.17, 15) is 0 Å². The summed E-state index contributed by atoms with van der Waals surface area (Å²) in [7, 11) is 0. The highest BCUT2D eigenvalue weighted by Crippen LogP contribution is 2.44. The molecule has 8 aromatic rings. The molecule has 0 aliphatic heterocycles. The SMILES string of the molecule is c1cncc(-c2nnc3c4sc5sc6c(nnn7c(-c8cccnc8)nnc67)c5c4nnn23)c1. The molecule has 0 N–H and O–H groups in total. The molecule has 0 saturated carbocycles. The van der Waals surface area contributed by atoms with Gasteiger partial charge < -0.3 is 0 Å². The lowest BCUT2D eigenvalue weighted by molar-refractivity contribution is 0.830. The van der Waals surface area contributed by atoms with Crippen LogP contribution in [-0.2, 0) is 0 Å². The van der Waals surface area contributed by atoms with Crippen molar-refractivity contribution in [1.29, 1.82) is 0 Å². The van der Waals surface area contributed by atoms with E-state index in [1.807, 2.05) is 24.3 Å². The normalized spacial score (nSPS) is 12.1. The maximum Gasteiger partial charge on any atom is 0.199 e. The van der Waals surface area contributed by atoms with E-state index in [0.717, 1.165) is 41.0 Å². The number of fused-ring (bicyclic) bond motifs is 9. The molecule has 12 nitrogen and oxygen atoms in total. The van der Waals surface area contributed by atoms with Crippen LogP contribution in [0.5, 0.6) is 0 Å². The van der Waals surface area contributed by atoms with Crippen LogP contribution >= 0.6 is 22.7 Å². The van der Waals surface area contributed by atoms with Crippen LogP contribution in [0.2, 0.25) is 0 Å². The summed E-state index contributed by atoms with van der Waals surface area (Å²) in [5.74, 6) is 1.18. The fraction of sp³-hybridized carbons (Fsp3) is 0. The second kappa shape index (κ2) is 6.49. The first kappa shape index (κ1) is 17.9. The maximum absolute atomic E-state index is 4.52. The molecule has 0 amide bonds. The van der Waals surface area contributed by atoms with Crippen molar-refractivity contribution in [3.8, 4) is 22.8 Å². The Balaban J connectivity index is 1.38. The molecule has 8 heterocycles. The zero-order valence-electron chi connectivity index (χ0n) is 16.8. The Morgan fingerprint density at radius 1 is 0.618 bits per heavy atom. The highest BCUT2D eigenvalue weighted by molar-refractivity contribution is 7.45. The number of thiophene rings is 2. The molecule has 0 atom stereocenters. The summed E-state index contributed by atoms with van der Waals surface area (Å²) in [5.41, 5.74) is 4.35. The average Bonchev–Trinajstić information content (AvgIpc) is 3.64. The number of pyridine rings is 2. The van der Waals surface area contributed by atoms with Crippen LogP contribution < -0.4 is 0 Å². The second-order valence-electron chi connectivity index (χ2n) is 7.40. The summed E-state index contributed by atoms with van der Waals surface area (Å²) in [6.45, 7) is 0. The van der Waals surface area contributed by atoms with E-state index in [1.54, 1.807) is 56.5 Å². The number of hydrogen-bond donors (Lipinski definition) is 0. The van der Waals surface area contributed by atoms with Gasteiger partial charge in [0.25, 0.3) is 0 Å². The average molecular weight is 481 g/mol. The predicted molar refractivity (Wildman–Crippen MR) is 125 cm³/mol. The van der Waals surface area contributed by atoms with Gasteiger partial charge in [-0.05, 0) is 24.3 Å². The fourth-order valence-electron chi connectivity index (χ4n) is 3.97. The van der Waals surface area contributed by atoms with E-state index < -0.39 is 0 Å². The van der Waals surface area contributed by atoms with E-state index in [-0.39, 0.29) is 0 Å². The summed E-state index contributed by atoms with van der Waals surface area (Å²) in [6, 6.07) is 7.52. The molecule has 0 fully saturated rings. The van der Waals surface area contributed by atoms with Crippen LogP contribution in [0, 0.1) is 0 Å². The fourth-order valence-corrected chi connectivity index (χ4v) is 6.52. The Bertz CT molecular complexity index is 1880. The monoisotopic (exact) mass is 480 g/mol. The smallest absolute Gasteiger partial charge is 0.199 e. The Morgan fingerprint density at radius 2 is 1.15 bits per heavy atom. The van der Waals surface area contributed by atoms with Gasteiger partial charge in [-0.15, -0.1) is 53.3 Å². The largest absolute Gasteiger partial charge is 0.264 e. The lowest BCUT2D eigenvalue weighted by Crippen LogP contribution is -1.99. The maximum atomic E-state index is 4.52. The zero-order chi connectivity index (χ0) is 22.2. The van der Waals surface area contributed by atoms with Crippen molar-refractivity contribution >= 4 is 63.8 Å². The van der Waals surface area contributed by atoms with Crippen molar-refractivity contribution in [2.75, 3.05) is 0 Å². The number of nitrogens with zero attached hydrogens (tertiary/aromatic N) is 12. The van der Waals surface area contributed by atoms with Gasteiger partial charge in [-0.3, -0.25) is 9.97 Å². The number of aromatic nitrogens is 12. The first-order chi connectivity index (χ1) is 16.9. The van der Waals surface area contributed by atoms with Crippen molar-refractivity contribution in [2.45, 2.75) is 0 Å². The molecule has 0 aliphatic rings. The Morgan fingerprint density at radius 3 is 1.62 bits per heavy atom. The van der Waals surface area contributed by atoms with E-state index >= 15 is 0 Å². The predicted octanol–water partition coefficient (Wildman–Crippen LogP) is 3.06. The topological polar surface area (TPSA) is 138 Å².